The quantitative estimate of drug-likeness (QED) is 0.0259. The van der Waals surface area contributed by atoms with Crippen LogP contribution in [0.5, 0.6) is 0 Å². The summed E-state index contributed by atoms with van der Waals surface area (Å²) >= 11 is 0. The largest absolute Gasteiger partial charge is 0.544 e. The minimum Gasteiger partial charge on any atom is -0.544 e. The van der Waals surface area contributed by atoms with E-state index in [0.717, 1.165) is 83.5 Å². The van der Waals surface area contributed by atoms with Crippen molar-refractivity contribution in [3.8, 4) is 0 Å². The number of quaternary nitrogens is 1. The Labute approximate surface area is 393 Å². The Morgan fingerprint density at radius 3 is 1.22 bits per heavy atom. The maximum Gasteiger partial charge on any atom is 0.306 e. The molecule has 0 spiro atoms. The van der Waals surface area contributed by atoms with Gasteiger partial charge in [-0.05, 0) is 77.0 Å². The van der Waals surface area contributed by atoms with Crippen molar-refractivity contribution in [1.29, 1.82) is 0 Å². The van der Waals surface area contributed by atoms with Crippen LogP contribution in [0.25, 0.3) is 0 Å². The van der Waals surface area contributed by atoms with Crippen molar-refractivity contribution in [2.45, 2.75) is 225 Å². The Hall–Kier alpha value is -3.23. The molecule has 0 bridgehead atoms. The summed E-state index contributed by atoms with van der Waals surface area (Å²) in [7, 11) is 5.41. The number of carbonyl (C=O) groups is 3. The lowest BCUT2D eigenvalue weighted by atomic mass is 10.0. The van der Waals surface area contributed by atoms with Gasteiger partial charge < -0.3 is 28.6 Å². The summed E-state index contributed by atoms with van der Waals surface area (Å²) in [5.41, 5.74) is 0. The number of carbonyl (C=O) groups excluding carboxylic acids is 3. The molecule has 0 saturated heterocycles. The summed E-state index contributed by atoms with van der Waals surface area (Å²) in [4.78, 5) is 37.1. The summed E-state index contributed by atoms with van der Waals surface area (Å²) in [5, 5.41) is 11.7. The maximum absolute atomic E-state index is 12.8. The Bertz CT molecular complexity index is 1270. The molecule has 0 saturated carbocycles. The molecular weight excluding hydrogens is 799 g/mol. The van der Waals surface area contributed by atoms with E-state index >= 15 is 0 Å². The number of esters is 2. The zero-order chi connectivity index (χ0) is 47.0. The van der Waals surface area contributed by atoms with Crippen molar-refractivity contribution in [3.05, 3.63) is 72.9 Å². The van der Waals surface area contributed by atoms with Crippen molar-refractivity contribution >= 4 is 17.9 Å². The highest BCUT2D eigenvalue weighted by Gasteiger charge is 2.25. The van der Waals surface area contributed by atoms with Crippen LogP contribution in [0.1, 0.15) is 213 Å². The zero-order valence-electron chi connectivity index (χ0n) is 41.9. The fourth-order valence-electron chi connectivity index (χ4n) is 7.39. The average molecular weight is 896 g/mol. The molecule has 0 aromatic carbocycles. The van der Waals surface area contributed by atoms with Crippen LogP contribution < -0.4 is 5.11 Å². The lowest BCUT2D eigenvalue weighted by molar-refractivity contribution is -0.889. The van der Waals surface area contributed by atoms with Gasteiger partial charge in [0.2, 0.25) is 0 Å². The minimum absolute atomic E-state index is 0.0356. The molecule has 0 heterocycles. The van der Waals surface area contributed by atoms with Gasteiger partial charge in [-0.1, -0.05) is 189 Å². The maximum atomic E-state index is 12.8. The van der Waals surface area contributed by atoms with E-state index in [1.807, 2.05) is 0 Å². The van der Waals surface area contributed by atoms with Crippen molar-refractivity contribution < 1.29 is 38.2 Å². The van der Waals surface area contributed by atoms with Gasteiger partial charge in [-0.15, -0.1) is 0 Å². The highest BCUT2D eigenvalue weighted by molar-refractivity contribution is 5.70. The van der Waals surface area contributed by atoms with E-state index in [2.05, 4.69) is 86.8 Å². The normalized spacial score (nSPS) is 13.5. The first-order chi connectivity index (χ1) is 31.1. The standard InChI is InChI=1S/C56H97NO7/c1-6-8-10-12-14-16-18-20-22-24-26-27-29-30-32-34-36-38-40-42-44-46-54(58)63-51-52(50-62-49-48-53(56(60)61)57(3,4)5)64-55(59)47-45-43-41-39-37-35-33-31-28-25-23-21-19-17-15-13-11-9-7-2/h8-11,14-17,20-23,52-53H,6-7,12-13,18-19,24-51H2,1-5H3/b10-8+,11-9+,16-14+,17-15+,22-20+,23-21+. The van der Waals surface area contributed by atoms with E-state index in [1.54, 1.807) is 21.1 Å². The number of allylic oxidation sites excluding steroid dienone is 12. The van der Waals surface area contributed by atoms with Crippen molar-refractivity contribution in [2.75, 3.05) is 41.0 Å². The number of rotatable bonds is 46. The number of nitrogens with zero attached hydrogens (tertiary/aromatic N) is 1. The van der Waals surface area contributed by atoms with E-state index in [0.29, 0.717) is 12.8 Å². The second kappa shape index (κ2) is 46.3. The summed E-state index contributed by atoms with van der Waals surface area (Å²) in [6.45, 7) is 4.45. The van der Waals surface area contributed by atoms with Crippen molar-refractivity contribution in [3.63, 3.8) is 0 Å². The van der Waals surface area contributed by atoms with Gasteiger partial charge in [0.25, 0.3) is 0 Å². The summed E-state index contributed by atoms with van der Waals surface area (Å²) in [5.74, 6) is -1.74. The number of likely N-dealkylation sites (N-methyl/N-ethyl adjacent to an activating group) is 1. The third-order valence-corrected chi connectivity index (χ3v) is 11.3. The molecule has 368 valence electrons. The fraction of sp³-hybridized carbons (Fsp3) is 0.732. The molecule has 0 aliphatic heterocycles. The van der Waals surface area contributed by atoms with Gasteiger partial charge in [-0.3, -0.25) is 9.59 Å². The van der Waals surface area contributed by atoms with Crippen LogP contribution in [-0.4, -0.2) is 75.5 Å². The number of ether oxygens (including phenoxy) is 3. The van der Waals surface area contributed by atoms with Gasteiger partial charge in [0, 0.05) is 19.3 Å². The number of hydrogen-bond donors (Lipinski definition) is 0. The third-order valence-electron chi connectivity index (χ3n) is 11.3. The highest BCUT2D eigenvalue weighted by Crippen LogP contribution is 2.15. The molecule has 0 aliphatic carbocycles. The Balaban J connectivity index is 4.23. The molecule has 64 heavy (non-hydrogen) atoms. The molecule has 8 heteroatoms. The number of hydrogen-bond acceptors (Lipinski definition) is 7. The van der Waals surface area contributed by atoms with Crippen molar-refractivity contribution in [2.24, 2.45) is 0 Å². The molecule has 0 fully saturated rings. The van der Waals surface area contributed by atoms with E-state index in [4.69, 9.17) is 14.2 Å². The Morgan fingerprint density at radius 1 is 0.469 bits per heavy atom. The second-order valence-corrected chi connectivity index (χ2v) is 18.3. The SMILES string of the molecule is CC/C=C/C/C=C/C/C=C/CCCCCCCCCCCCCC(=O)OCC(COCCC(C(=O)[O-])[N+](C)(C)C)OC(=O)CCCCCCCCCCC/C=C/C/C=C/C/C=C/CC. The first-order valence-electron chi connectivity index (χ1n) is 26.0. The summed E-state index contributed by atoms with van der Waals surface area (Å²) < 4.78 is 17.3. The molecule has 2 atom stereocenters. The lowest BCUT2D eigenvalue weighted by Gasteiger charge is -2.34. The molecule has 0 radical (unpaired) electrons. The Kier molecular flexibility index (Phi) is 44.0. The van der Waals surface area contributed by atoms with Crippen molar-refractivity contribution in [1.82, 2.24) is 0 Å². The lowest BCUT2D eigenvalue weighted by Crippen LogP contribution is -2.55. The molecule has 0 aromatic heterocycles. The van der Waals surface area contributed by atoms with E-state index < -0.39 is 18.1 Å². The topological polar surface area (TPSA) is 102 Å². The van der Waals surface area contributed by atoms with Crippen LogP contribution in [0.3, 0.4) is 0 Å². The molecule has 0 N–H and O–H groups in total. The molecular formula is C56H97NO7. The molecule has 0 aromatic rings. The van der Waals surface area contributed by atoms with Gasteiger partial charge in [0.15, 0.2) is 6.10 Å². The average Bonchev–Trinajstić information content (AvgIpc) is 3.26. The van der Waals surface area contributed by atoms with Crippen LogP contribution in [0.4, 0.5) is 0 Å². The summed E-state index contributed by atoms with van der Waals surface area (Å²) in [6, 6.07) is -0.730. The van der Waals surface area contributed by atoms with E-state index in [1.165, 1.54) is 96.3 Å². The van der Waals surface area contributed by atoms with Crippen LogP contribution in [-0.2, 0) is 28.6 Å². The molecule has 0 amide bonds. The smallest absolute Gasteiger partial charge is 0.306 e. The first kappa shape index (κ1) is 60.8. The van der Waals surface area contributed by atoms with Gasteiger partial charge in [-0.2, -0.15) is 0 Å². The van der Waals surface area contributed by atoms with Gasteiger partial charge in [0.1, 0.15) is 12.6 Å². The van der Waals surface area contributed by atoms with Crippen LogP contribution >= 0.6 is 0 Å². The van der Waals surface area contributed by atoms with Crippen LogP contribution in [0.2, 0.25) is 0 Å². The third kappa shape index (κ3) is 44.0. The first-order valence-corrected chi connectivity index (χ1v) is 26.0. The van der Waals surface area contributed by atoms with E-state index in [9.17, 15) is 19.5 Å². The second-order valence-electron chi connectivity index (χ2n) is 18.3. The molecule has 2 unspecified atom stereocenters. The predicted octanol–water partition coefficient (Wildman–Crippen LogP) is 13.8. The Morgan fingerprint density at radius 2 is 0.828 bits per heavy atom. The number of carboxylic acids is 1. The number of carboxylic acid groups (broad SMARTS) is 1. The van der Waals surface area contributed by atoms with Gasteiger partial charge in [-0.25, -0.2) is 0 Å². The fourth-order valence-corrected chi connectivity index (χ4v) is 7.39. The minimum atomic E-state index is -1.13. The number of aliphatic carboxylic acids is 1. The molecule has 8 nitrogen and oxygen atoms in total. The summed E-state index contributed by atoms with van der Waals surface area (Å²) in [6.07, 6.45) is 59.3. The van der Waals surface area contributed by atoms with E-state index in [-0.39, 0.29) is 42.7 Å². The van der Waals surface area contributed by atoms with Crippen LogP contribution in [0, 0.1) is 0 Å². The monoisotopic (exact) mass is 896 g/mol. The highest BCUT2D eigenvalue weighted by atomic mass is 16.6. The zero-order valence-corrected chi connectivity index (χ0v) is 41.9. The molecule has 0 rings (SSSR count). The molecule has 0 aliphatic rings. The van der Waals surface area contributed by atoms with Gasteiger partial charge in [0.05, 0.1) is 40.3 Å². The van der Waals surface area contributed by atoms with Crippen LogP contribution in [0.15, 0.2) is 72.9 Å². The number of unbranched alkanes of at least 4 members (excludes halogenated alkanes) is 20. The van der Waals surface area contributed by atoms with Gasteiger partial charge >= 0.3 is 11.9 Å². The predicted molar refractivity (Wildman–Crippen MR) is 268 cm³/mol.